The van der Waals surface area contributed by atoms with Crippen molar-refractivity contribution in [3.63, 3.8) is 0 Å². The second-order valence-electron chi connectivity index (χ2n) is 6.55. The van der Waals surface area contributed by atoms with Gasteiger partial charge in [-0.3, -0.25) is 9.69 Å². The second-order valence-corrected chi connectivity index (χ2v) is 7.55. The van der Waals surface area contributed by atoms with Crippen molar-refractivity contribution in [3.05, 3.63) is 33.6 Å². The zero-order chi connectivity index (χ0) is 16.5. The molecule has 1 amide bonds. The fourth-order valence-corrected chi connectivity index (χ4v) is 4.58. The Kier molecular flexibility index (Phi) is 4.37. The third-order valence-electron chi connectivity index (χ3n) is 4.98. The highest BCUT2D eigenvalue weighted by Gasteiger charge is 2.30. The van der Waals surface area contributed by atoms with Crippen LogP contribution in [0.1, 0.15) is 47.5 Å². The van der Waals surface area contributed by atoms with Gasteiger partial charge in [-0.15, -0.1) is 11.3 Å². The van der Waals surface area contributed by atoms with Crippen LogP contribution in [0.25, 0.3) is 0 Å². The number of carbonyl (C=O) groups excluding carboxylic acids is 1. The molecule has 1 unspecified atom stereocenters. The van der Waals surface area contributed by atoms with Crippen molar-refractivity contribution in [2.24, 2.45) is 0 Å². The molecule has 7 heteroatoms. The summed E-state index contributed by atoms with van der Waals surface area (Å²) in [6, 6.07) is 2.34. The number of hydrogen-bond donors (Lipinski definition) is 0. The maximum absolute atomic E-state index is 12.6. The Labute approximate surface area is 145 Å². The number of amides is 1. The van der Waals surface area contributed by atoms with Gasteiger partial charge in [-0.25, -0.2) is 0 Å². The lowest BCUT2D eigenvalue weighted by Crippen LogP contribution is -2.37. The number of fused-ring (bicyclic) bond motifs is 1. The summed E-state index contributed by atoms with van der Waals surface area (Å²) in [5.41, 5.74) is 1.32. The van der Waals surface area contributed by atoms with Gasteiger partial charge < -0.3 is 9.42 Å². The molecule has 1 atom stereocenters. The summed E-state index contributed by atoms with van der Waals surface area (Å²) in [4.78, 5) is 22.7. The molecule has 1 fully saturated rings. The second kappa shape index (κ2) is 6.64. The van der Waals surface area contributed by atoms with E-state index in [1.54, 1.807) is 11.3 Å². The van der Waals surface area contributed by atoms with Crippen molar-refractivity contribution in [3.8, 4) is 0 Å². The summed E-state index contributed by atoms with van der Waals surface area (Å²) in [6.45, 7) is 5.20. The monoisotopic (exact) mass is 346 g/mol. The third kappa shape index (κ3) is 3.10. The first-order chi connectivity index (χ1) is 11.7. The topological polar surface area (TPSA) is 62.5 Å². The summed E-state index contributed by atoms with van der Waals surface area (Å²) in [7, 11) is 0. The predicted molar refractivity (Wildman–Crippen MR) is 90.6 cm³/mol. The summed E-state index contributed by atoms with van der Waals surface area (Å²) in [6.07, 6.45) is 3.71. The molecule has 0 saturated carbocycles. The molecule has 4 rings (SSSR count). The Morgan fingerprint density at radius 2 is 2.38 bits per heavy atom. The molecule has 4 heterocycles. The number of carbonyl (C=O) groups is 1. The van der Waals surface area contributed by atoms with Crippen molar-refractivity contribution in [1.29, 1.82) is 0 Å². The maximum atomic E-state index is 12.6. The number of nitrogens with zero attached hydrogens (tertiary/aromatic N) is 4. The van der Waals surface area contributed by atoms with Gasteiger partial charge in [0.2, 0.25) is 11.8 Å². The molecular weight excluding hydrogens is 324 g/mol. The van der Waals surface area contributed by atoms with Crippen LogP contribution in [0.5, 0.6) is 0 Å². The van der Waals surface area contributed by atoms with Crippen LogP contribution >= 0.6 is 11.3 Å². The Morgan fingerprint density at radius 3 is 3.21 bits per heavy atom. The van der Waals surface area contributed by atoms with E-state index in [4.69, 9.17) is 4.52 Å². The molecule has 6 nitrogen and oxygen atoms in total. The molecule has 0 bridgehead atoms. The lowest BCUT2D eigenvalue weighted by molar-refractivity contribution is -0.132. The van der Waals surface area contributed by atoms with Gasteiger partial charge in [-0.05, 0) is 42.8 Å². The van der Waals surface area contributed by atoms with Crippen molar-refractivity contribution in [1.82, 2.24) is 19.9 Å². The molecule has 0 aromatic carbocycles. The predicted octanol–water partition coefficient (Wildman–Crippen LogP) is 2.55. The van der Waals surface area contributed by atoms with E-state index < -0.39 is 0 Å². The number of aryl methyl sites for hydroxylation is 1. The zero-order valence-electron chi connectivity index (χ0n) is 13.9. The highest BCUT2D eigenvalue weighted by molar-refractivity contribution is 7.10. The minimum absolute atomic E-state index is 0.195. The van der Waals surface area contributed by atoms with Gasteiger partial charge in [0.25, 0.3) is 0 Å². The van der Waals surface area contributed by atoms with Gasteiger partial charge in [-0.2, -0.15) is 4.98 Å². The minimum Gasteiger partial charge on any atom is -0.340 e. The third-order valence-corrected chi connectivity index (χ3v) is 6.00. The van der Waals surface area contributed by atoms with Crippen molar-refractivity contribution in [2.45, 2.75) is 45.2 Å². The van der Waals surface area contributed by atoms with Crippen LogP contribution in [0.15, 0.2) is 16.0 Å². The van der Waals surface area contributed by atoms with Crippen LogP contribution in [-0.2, 0) is 17.8 Å². The largest absolute Gasteiger partial charge is 0.340 e. The van der Waals surface area contributed by atoms with Crippen LogP contribution in [0.2, 0.25) is 0 Å². The van der Waals surface area contributed by atoms with Crippen molar-refractivity contribution in [2.75, 3.05) is 19.6 Å². The van der Waals surface area contributed by atoms with Crippen LogP contribution in [0.3, 0.4) is 0 Å². The van der Waals surface area contributed by atoms with Gasteiger partial charge in [0.15, 0.2) is 5.82 Å². The molecular formula is C17H22N4O2S. The van der Waals surface area contributed by atoms with E-state index in [1.807, 2.05) is 11.8 Å². The highest BCUT2D eigenvalue weighted by atomic mass is 32.1. The van der Waals surface area contributed by atoms with E-state index >= 15 is 0 Å². The van der Waals surface area contributed by atoms with Crippen LogP contribution in [0, 0.1) is 6.92 Å². The smallest absolute Gasteiger partial charge is 0.224 e. The molecule has 0 radical (unpaired) electrons. The highest BCUT2D eigenvalue weighted by Crippen LogP contribution is 2.30. The van der Waals surface area contributed by atoms with Gasteiger partial charge in [0.1, 0.15) is 0 Å². The average Bonchev–Trinajstić information content (AvgIpc) is 3.31. The van der Waals surface area contributed by atoms with Gasteiger partial charge in [-0.1, -0.05) is 5.16 Å². The van der Waals surface area contributed by atoms with E-state index in [-0.39, 0.29) is 11.9 Å². The Hall–Kier alpha value is -1.73. The number of aromatic nitrogens is 2. The standard InChI is InChI=1S/C17H22N4O2S/c1-12-18-17(19-23-12)14-3-2-7-20(14)9-5-16(22)21-8-4-15-13(11-21)6-10-24-15/h6,10,14H,2-5,7-9,11H2,1H3. The van der Waals surface area contributed by atoms with Crippen molar-refractivity contribution >= 4 is 17.2 Å². The fourth-order valence-electron chi connectivity index (χ4n) is 3.70. The van der Waals surface area contributed by atoms with E-state index in [9.17, 15) is 4.79 Å². The molecule has 2 aromatic rings. The van der Waals surface area contributed by atoms with E-state index in [2.05, 4.69) is 26.5 Å². The molecule has 2 aromatic heterocycles. The quantitative estimate of drug-likeness (QED) is 0.851. The Morgan fingerprint density at radius 1 is 1.46 bits per heavy atom. The lowest BCUT2D eigenvalue weighted by Gasteiger charge is -2.28. The molecule has 24 heavy (non-hydrogen) atoms. The maximum Gasteiger partial charge on any atom is 0.224 e. The SMILES string of the molecule is Cc1nc(C2CCCN2CCC(=O)N2CCc3sccc3C2)no1. The Balaban J connectivity index is 1.34. The van der Waals surface area contributed by atoms with Gasteiger partial charge >= 0.3 is 0 Å². The molecule has 0 spiro atoms. The summed E-state index contributed by atoms with van der Waals surface area (Å²) < 4.78 is 5.11. The molecule has 128 valence electrons. The molecule has 0 N–H and O–H groups in total. The Bertz CT molecular complexity index is 726. The number of thiophene rings is 1. The summed E-state index contributed by atoms with van der Waals surface area (Å²) in [5, 5.41) is 6.19. The molecule has 0 aliphatic carbocycles. The first-order valence-corrected chi connectivity index (χ1v) is 9.46. The number of rotatable bonds is 4. The normalized spacial score (nSPS) is 21.2. The fraction of sp³-hybridized carbons (Fsp3) is 0.588. The minimum atomic E-state index is 0.195. The van der Waals surface area contributed by atoms with Crippen LogP contribution in [0.4, 0.5) is 0 Å². The van der Waals surface area contributed by atoms with Crippen LogP contribution < -0.4 is 0 Å². The van der Waals surface area contributed by atoms with Crippen molar-refractivity contribution < 1.29 is 9.32 Å². The molecule has 2 aliphatic heterocycles. The first-order valence-electron chi connectivity index (χ1n) is 8.58. The van der Waals surface area contributed by atoms with Crippen LogP contribution in [-0.4, -0.2) is 45.5 Å². The average molecular weight is 346 g/mol. The first kappa shape index (κ1) is 15.8. The summed E-state index contributed by atoms with van der Waals surface area (Å²) in [5.74, 6) is 1.62. The van der Waals surface area contributed by atoms with E-state index in [0.29, 0.717) is 12.3 Å². The van der Waals surface area contributed by atoms with E-state index in [0.717, 1.165) is 51.3 Å². The lowest BCUT2D eigenvalue weighted by atomic mass is 10.1. The number of hydrogen-bond acceptors (Lipinski definition) is 6. The zero-order valence-corrected chi connectivity index (χ0v) is 14.7. The van der Waals surface area contributed by atoms with Gasteiger partial charge in [0.05, 0.1) is 6.04 Å². The van der Waals surface area contributed by atoms with E-state index in [1.165, 1.54) is 10.4 Å². The number of likely N-dealkylation sites (tertiary alicyclic amines) is 1. The molecule has 1 saturated heterocycles. The van der Waals surface area contributed by atoms with Gasteiger partial charge in [0, 0.05) is 37.9 Å². The summed E-state index contributed by atoms with van der Waals surface area (Å²) >= 11 is 1.80. The molecule has 2 aliphatic rings.